The lowest BCUT2D eigenvalue weighted by molar-refractivity contribution is -0.118. The van der Waals surface area contributed by atoms with Gasteiger partial charge in [-0.05, 0) is 42.6 Å². The number of ketones is 1. The number of carbonyl (C=O) groups is 1. The highest BCUT2D eigenvalue weighted by molar-refractivity contribution is 7.99. The Morgan fingerprint density at radius 2 is 2.29 bits per heavy atom. The molecule has 92 valence electrons. The van der Waals surface area contributed by atoms with Crippen molar-refractivity contribution >= 4 is 17.5 Å². The summed E-state index contributed by atoms with van der Waals surface area (Å²) in [6.45, 7) is 1.93. The second kappa shape index (κ2) is 6.20. The molecule has 2 nitrogen and oxygen atoms in total. The number of hydrogen-bond donors (Lipinski definition) is 0. The normalized spacial score (nSPS) is 14.9. The second-order valence-corrected chi connectivity index (χ2v) is 5.74. The molecule has 17 heavy (non-hydrogen) atoms. The fourth-order valence-electron chi connectivity index (χ4n) is 1.79. The van der Waals surface area contributed by atoms with Crippen molar-refractivity contribution in [1.82, 2.24) is 4.98 Å². The van der Waals surface area contributed by atoms with Crippen LogP contribution in [0.25, 0.3) is 0 Å². The van der Waals surface area contributed by atoms with Crippen LogP contribution in [0.2, 0.25) is 0 Å². The quantitative estimate of drug-likeness (QED) is 0.543. The van der Waals surface area contributed by atoms with Crippen LogP contribution < -0.4 is 0 Å². The lowest BCUT2D eigenvalue weighted by atomic mass is 10.2. The van der Waals surface area contributed by atoms with Gasteiger partial charge >= 0.3 is 0 Å². The molecule has 1 fully saturated rings. The van der Waals surface area contributed by atoms with Crippen molar-refractivity contribution in [2.24, 2.45) is 0 Å². The third-order valence-corrected chi connectivity index (χ3v) is 4.10. The predicted octanol–water partition coefficient (Wildman–Crippen LogP) is 3.81. The van der Waals surface area contributed by atoms with E-state index in [0.717, 1.165) is 24.5 Å². The molecule has 0 unspecified atom stereocenters. The van der Waals surface area contributed by atoms with Gasteiger partial charge in [0.25, 0.3) is 0 Å². The Balaban J connectivity index is 1.74. The molecule has 2 rings (SSSR count). The van der Waals surface area contributed by atoms with Crippen LogP contribution in [-0.2, 0) is 4.79 Å². The highest BCUT2D eigenvalue weighted by atomic mass is 32.2. The molecule has 0 aromatic carbocycles. The molecule has 0 spiro atoms. The molecule has 0 saturated heterocycles. The number of rotatable bonds is 7. The summed E-state index contributed by atoms with van der Waals surface area (Å²) in [4.78, 5) is 16.7. The minimum atomic E-state index is 0.371. The van der Waals surface area contributed by atoms with Gasteiger partial charge in [-0.15, -0.1) is 11.8 Å². The summed E-state index contributed by atoms with van der Waals surface area (Å²) in [5, 5.41) is 0. The average Bonchev–Trinajstić information content (AvgIpc) is 3.19. The number of pyridine rings is 1. The first-order valence-electron chi connectivity index (χ1n) is 6.39. The molecule has 1 heterocycles. The van der Waals surface area contributed by atoms with Crippen molar-refractivity contribution in [2.45, 2.75) is 49.8 Å². The maximum atomic E-state index is 11.2. The highest BCUT2D eigenvalue weighted by Gasteiger charge is 2.23. The molecule has 1 saturated carbocycles. The molecule has 1 aromatic heterocycles. The van der Waals surface area contributed by atoms with Gasteiger partial charge in [0, 0.05) is 30.1 Å². The third kappa shape index (κ3) is 4.15. The zero-order valence-electron chi connectivity index (χ0n) is 10.3. The highest BCUT2D eigenvalue weighted by Crippen LogP contribution is 2.40. The number of Topliss-reactive ketones (excluding diaryl/α,β-unsaturated/α-hetero) is 1. The fourth-order valence-corrected chi connectivity index (χ4v) is 2.67. The lowest BCUT2D eigenvalue weighted by Crippen LogP contribution is -1.95. The maximum absolute atomic E-state index is 11.2. The Labute approximate surface area is 107 Å². The van der Waals surface area contributed by atoms with Gasteiger partial charge in [-0.1, -0.05) is 6.92 Å². The van der Waals surface area contributed by atoms with E-state index in [-0.39, 0.29) is 0 Å². The van der Waals surface area contributed by atoms with Crippen LogP contribution in [0.5, 0.6) is 0 Å². The first-order valence-corrected chi connectivity index (χ1v) is 7.37. The topological polar surface area (TPSA) is 30.0 Å². The lowest BCUT2D eigenvalue weighted by Gasteiger charge is -2.03. The van der Waals surface area contributed by atoms with Crippen LogP contribution in [0.4, 0.5) is 0 Å². The van der Waals surface area contributed by atoms with Crippen molar-refractivity contribution in [3.05, 3.63) is 24.0 Å². The van der Waals surface area contributed by atoms with E-state index in [1.54, 1.807) is 0 Å². The van der Waals surface area contributed by atoms with Crippen LogP contribution in [0.1, 0.15) is 50.5 Å². The van der Waals surface area contributed by atoms with Crippen molar-refractivity contribution < 1.29 is 4.79 Å². The fraction of sp³-hybridized carbons (Fsp3) is 0.571. The van der Waals surface area contributed by atoms with Gasteiger partial charge in [-0.25, -0.2) is 0 Å². The Morgan fingerprint density at radius 1 is 1.47 bits per heavy atom. The molecule has 0 N–H and O–H groups in total. The van der Waals surface area contributed by atoms with Gasteiger partial charge in [0.15, 0.2) is 0 Å². The third-order valence-electron chi connectivity index (χ3n) is 3.05. The molecule has 1 aliphatic rings. The van der Waals surface area contributed by atoms with Crippen LogP contribution >= 0.6 is 11.8 Å². The van der Waals surface area contributed by atoms with Crippen molar-refractivity contribution in [3.63, 3.8) is 0 Å². The Bertz CT molecular complexity index is 388. The summed E-state index contributed by atoms with van der Waals surface area (Å²) < 4.78 is 0. The van der Waals surface area contributed by atoms with Crippen molar-refractivity contribution in [1.29, 1.82) is 0 Å². The first-order chi connectivity index (χ1) is 8.29. The van der Waals surface area contributed by atoms with E-state index in [9.17, 15) is 4.79 Å². The molecular formula is C14H19NOS. The van der Waals surface area contributed by atoms with E-state index in [1.165, 1.54) is 23.3 Å². The van der Waals surface area contributed by atoms with Crippen LogP contribution in [0, 0.1) is 0 Å². The molecule has 0 aliphatic heterocycles. The van der Waals surface area contributed by atoms with Gasteiger partial charge < -0.3 is 0 Å². The number of hydrogen-bond acceptors (Lipinski definition) is 3. The summed E-state index contributed by atoms with van der Waals surface area (Å²) in [6.07, 6.45) is 8.93. The van der Waals surface area contributed by atoms with Gasteiger partial charge in [-0.2, -0.15) is 0 Å². The standard InChI is InChI=1S/C14H19NOS/c1-2-13(16)4-3-7-17-14-8-12(9-15-10-14)11-5-6-11/h8-11H,2-7H2,1H3. The second-order valence-electron chi connectivity index (χ2n) is 4.57. The van der Waals surface area contributed by atoms with Gasteiger partial charge in [0.1, 0.15) is 5.78 Å². The van der Waals surface area contributed by atoms with Gasteiger partial charge in [0.2, 0.25) is 0 Å². The Morgan fingerprint density at radius 3 is 3.00 bits per heavy atom. The van der Waals surface area contributed by atoms with Crippen LogP contribution in [-0.4, -0.2) is 16.5 Å². The molecule has 0 bridgehead atoms. The molecule has 1 aromatic rings. The molecule has 3 heteroatoms. The average molecular weight is 249 g/mol. The van der Waals surface area contributed by atoms with Crippen LogP contribution in [0.15, 0.2) is 23.4 Å². The number of nitrogens with zero attached hydrogens (tertiary/aromatic N) is 1. The van der Waals surface area contributed by atoms with Crippen molar-refractivity contribution in [2.75, 3.05) is 5.75 Å². The smallest absolute Gasteiger partial charge is 0.132 e. The van der Waals surface area contributed by atoms with E-state index >= 15 is 0 Å². The monoisotopic (exact) mass is 249 g/mol. The van der Waals surface area contributed by atoms with Crippen molar-refractivity contribution in [3.8, 4) is 0 Å². The van der Waals surface area contributed by atoms with E-state index in [4.69, 9.17) is 0 Å². The maximum Gasteiger partial charge on any atom is 0.132 e. The Kier molecular flexibility index (Phi) is 4.60. The summed E-state index contributed by atoms with van der Waals surface area (Å²) in [5.41, 5.74) is 1.39. The predicted molar refractivity (Wildman–Crippen MR) is 71.5 cm³/mol. The summed E-state index contributed by atoms with van der Waals surface area (Å²) in [5.74, 6) is 2.15. The van der Waals surface area contributed by atoms with Crippen LogP contribution in [0.3, 0.4) is 0 Å². The molecule has 0 amide bonds. The molecule has 0 atom stereocenters. The van der Waals surface area contributed by atoms with E-state index < -0.39 is 0 Å². The molecular weight excluding hydrogens is 230 g/mol. The largest absolute Gasteiger partial charge is 0.300 e. The van der Waals surface area contributed by atoms with Gasteiger partial charge in [-0.3, -0.25) is 9.78 Å². The number of thioether (sulfide) groups is 1. The first kappa shape index (κ1) is 12.6. The minimum absolute atomic E-state index is 0.371. The van der Waals surface area contributed by atoms with E-state index in [0.29, 0.717) is 12.2 Å². The zero-order chi connectivity index (χ0) is 12.1. The van der Waals surface area contributed by atoms with Gasteiger partial charge in [0.05, 0.1) is 0 Å². The Hall–Kier alpha value is -0.830. The summed E-state index contributed by atoms with van der Waals surface area (Å²) in [6, 6.07) is 2.26. The SMILES string of the molecule is CCC(=O)CCCSc1cncc(C2CC2)c1. The molecule has 0 radical (unpaired) electrons. The minimum Gasteiger partial charge on any atom is -0.300 e. The summed E-state index contributed by atoms with van der Waals surface area (Å²) in [7, 11) is 0. The molecule has 1 aliphatic carbocycles. The number of carbonyl (C=O) groups excluding carboxylic acids is 1. The van der Waals surface area contributed by atoms with E-state index in [1.807, 2.05) is 31.1 Å². The van der Waals surface area contributed by atoms with E-state index in [2.05, 4.69) is 11.1 Å². The summed E-state index contributed by atoms with van der Waals surface area (Å²) >= 11 is 1.82. The number of aromatic nitrogens is 1. The zero-order valence-corrected chi connectivity index (χ0v) is 11.1.